The molecule has 0 aromatic carbocycles. The monoisotopic (exact) mass is 305 g/mol. The van der Waals surface area contributed by atoms with E-state index in [0.29, 0.717) is 18.6 Å². The molecule has 0 atom stereocenters. The first-order valence-electron chi connectivity index (χ1n) is 7.01. The van der Waals surface area contributed by atoms with E-state index in [9.17, 15) is 9.59 Å². The summed E-state index contributed by atoms with van der Waals surface area (Å²) in [6.45, 7) is 4.02. The molecule has 0 fully saturated rings. The predicted molar refractivity (Wildman–Crippen MR) is 78.5 cm³/mol. The molecule has 0 saturated carbocycles. The van der Waals surface area contributed by atoms with Crippen LogP contribution in [0.3, 0.4) is 0 Å². The highest BCUT2D eigenvalue weighted by Gasteiger charge is 2.15. The third-order valence-electron chi connectivity index (χ3n) is 3.66. The molecular weight excluding hydrogens is 286 g/mol. The average molecular weight is 305 g/mol. The second kappa shape index (κ2) is 6.50. The zero-order valence-corrected chi connectivity index (χ0v) is 12.9. The summed E-state index contributed by atoms with van der Waals surface area (Å²) in [5.41, 5.74) is 2.72. The third kappa shape index (κ3) is 3.38. The lowest BCUT2D eigenvalue weighted by molar-refractivity contribution is -0.138. The summed E-state index contributed by atoms with van der Waals surface area (Å²) < 4.78 is 1.65. The summed E-state index contributed by atoms with van der Waals surface area (Å²) in [6.07, 6.45) is 2.24. The van der Waals surface area contributed by atoms with Crippen LogP contribution in [0.4, 0.5) is 0 Å². The van der Waals surface area contributed by atoms with Gasteiger partial charge in [-0.15, -0.1) is 0 Å². The summed E-state index contributed by atoms with van der Waals surface area (Å²) >= 11 is 0. The van der Waals surface area contributed by atoms with Gasteiger partial charge in [0.15, 0.2) is 0 Å². The van der Waals surface area contributed by atoms with Crippen LogP contribution < -0.4 is 0 Å². The highest BCUT2D eigenvalue weighted by atomic mass is 16.4. The van der Waals surface area contributed by atoms with Gasteiger partial charge < -0.3 is 10.0 Å². The first-order chi connectivity index (χ1) is 10.4. The van der Waals surface area contributed by atoms with E-state index in [2.05, 4.69) is 15.1 Å². The molecular formula is C14H19N5O3. The second-order valence-corrected chi connectivity index (χ2v) is 5.19. The average Bonchev–Trinajstić information content (AvgIpc) is 2.92. The predicted octanol–water partition coefficient (Wildman–Crippen LogP) is 0.607. The van der Waals surface area contributed by atoms with Crippen molar-refractivity contribution in [1.82, 2.24) is 24.5 Å². The van der Waals surface area contributed by atoms with Crippen LogP contribution >= 0.6 is 0 Å². The number of hydrogen-bond acceptors (Lipinski definition) is 5. The number of nitrogens with zero attached hydrogens (tertiary/aromatic N) is 5. The van der Waals surface area contributed by atoms with Crippen LogP contribution in [0.15, 0.2) is 6.33 Å². The first-order valence-corrected chi connectivity index (χ1v) is 7.01. The Balaban J connectivity index is 2.05. The van der Waals surface area contributed by atoms with Gasteiger partial charge in [0.25, 0.3) is 5.78 Å². The Hall–Kier alpha value is -2.51. The van der Waals surface area contributed by atoms with E-state index in [4.69, 9.17) is 5.11 Å². The van der Waals surface area contributed by atoms with Crippen LogP contribution in [-0.2, 0) is 16.0 Å². The summed E-state index contributed by atoms with van der Waals surface area (Å²) in [6, 6.07) is 0. The Morgan fingerprint density at radius 2 is 2.05 bits per heavy atom. The molecule has 0 radical (unpaired) electrons. The zero-order valence-electron chi connectivity index (χ0n) is 12.9. The lowest BCUT2D eigenvalue weighted by atomic mass is 10.1. The van der Waals surface area contributed by atoms with Crippen molar-refractivity contribution in [2.45, 2.75) is 33.1 Å². The van der Waals surface area contributed by atoms with Gasteiger partial charge in [0, 0.05) is 31.4 Å². The molecule has 8 nitrogen and oxygen atoms in total. The van der Waals surface area contributed by atoms with Gasteiger partial charge in [-0.2, -0.15) is 10.1 Å². The van der Waals surface area contributed by atoms with E-state index in [1.807, 2.05) is 13.8 Å². The molecule has 1 amide bonds. The molecule has 0 bridgehead atoms. The molecule has 0 aliphatic rings. The van der Waals surface area contributed by atoms with Gasteiger partial charge in [-0.1, -0.05) is 0 Å². The quantitative estimate of drug-likeness (QED) is 0.839. The molecule has 0 spiro atoms. The minimum Gasteiger partial charge on any atom is -0.481 e. The van der Waals surface area contributed by atoms with E-state index in [1.165, 1.54) is 11.2 Å². The fourth-order valence-corrected chi connectivity index (χ4v) is 2.33. The van der Waals surface area contributed by atoms with Crippen molar-refractivity contribution >= 4 is 17.7 Å². The molecule has 118 valence electrons. The van der Waals surface area contributed by atoms with Crippen molar-refractivity contribution in [2.24, 2.45) is 0 Å². The van der Waals surface area contributed by atoms with E-state index >= 15 is 0 Å². The fourth-order valence-electron chi connectivity index (χ4n) is 2.33. The van der Waals surface area contributed by atoms with Crippen LogP contribution in [0, 0.1) is 13.8 Å². The maximum atomic E-state index is 12.0. The fraction of sp³-hybridized carbons (Fsp3) is 0.500. The molecule has 2 heterocycles. The maximum absolute atomic E-state index is 12.0. The Bertz CT molecular complexity index is 710. The Morgan fingerprint density at radius 1 is 1.32 bits per heavy atom. The summed E-state index contributed by atoms with van der Waals surface area (Å²) in [7, 11) is 1.61. The summed E-state index contributed by atoms with van der Waals surface area (Å²) in [5, 5.41) is 12.8. The standard InChI is InChI=1S/C14H19N5O3/c1-9-11(10(2)19-14(17-9)15-8-16-19)4-5-12(20)18(3)7-6-13(21)22/h8H,4-7H2,1-3H3,(H,21,22). The molecule has 1 N–H and O–H groups in total. The number of aliphatic carboxylic acids is 1. The number of carbonyl (C=O) groups is 2. The van der Waals surface area contributed by atoms with E-state index in [-0.39, 0.29) is 18.9 Å². The molecule has 0 saturated heterocycles. The SMILES string of the molecule is Cc1nc2ncnn2c(C)c1CCC(=O)N(C)CCC(=O)O. The van der Waals surface area contributed by atoms with Gasteiger partial charge in [0.05, 0.1) is 6.42 Å². The molecule has 2 aromatic heterocycles. The molecule has 8 heteroatoms. The number of carboxylic acids is 1. The smallest absolute Gasteiger partial charge is 0.305 e. The van der Waals surface area contributed by atoms with Crippen molar-refractivity contribution in [3.63, 3.8) is 0 Å². The minimum atomic E-state index is -0.910. The number of amides is 1. The Kier molecular flexibility index (Phi) is 4.69. The van der Waals surface area contributed by atoms with Gasteiger partial charge >= 0.3 is 5.97 Å². The van der Waals surface area contributed by atoms with Crippen LogP contribution in [0.1, 0.15) is 29.8 Å². The van der Waals surface area contributed by atoms with Crippen LogP contribution in [0.5, 0.6) is 0 Å². The van der Waals surface area contributed by atoms with Gasteiger partial charge in [0.2, 0.25) is 5.91 Å². The molecule has 2 rings (SSSR count). The molecule has 0 unspecified atom stereocenters. The Morgan fingerprint density at radius 3 is 2.73 bits per heavy atom. The lowest BCUT2D eigenvalue weighted by Gasteiger charge is -2.17. The van der Waals surface area contributed by atoms with E-state index < -0.39 is 5.97 Å². The number of hydrogen-bond donors (Lipinski definition) is 1. The van der Waals surface area contributed by atoms with Gasteiger partial charge in [-0.3, -0.25) is 9.59 Å². The highest BCUT2D eigenvalue weighted by Crippen LogP contribution is 2.15. The number of carbonyl (C=O) groups excluding carboxylic acids is 1. The Labute approximate surface area is 127 Å². The number of rotatable bonds is 6. The lowest BCUT2D eigenvalue weighted by Crippen LogP contribution is -2.29. The highest BCUT2D eigenvalue weighted by molar-refractivity contribution is 5.77. The van der Waals surface area contributed by atoms with Gasteiger partial charge in [-0.05, 0) is 25.8 Å². The van der Waals surface area contributed by atoms with E-state index in [0.717, 1.165) is 17.0 Å². The summed E-state index contributed by atoms with van der Waals surface area (Å²) in [5.74, 6) is -0.449. The number of fused-ring (bicyclic) bond motifs is 1. The van der Waals surface area contributed by atoms with Crippen molar-refractivity contribution in [1.29, 1.82) is 0 Å². The van der Waals surface area contributed by atoms with Crippen molar-refractivity contribution < 1.29 is 14.7 Å². The molecule has 0 aliphatic carbocycles. The molecule has 22 heavy (non-hydrogen) atoms. The van der Waals surface area contributed by atoms with E-state index in [1.54, 1.807) is 11.6 Å². The van der Waals surface area contributed by atoms with Crippen molar-refractivity contribution in [2.75, 3.05) is 13.6 Å². The number of aromatic nitrogens is 4. The molecule has 2 aromatic rings. The maximum Gasteiger partial charge on any atom is 0.305 e. The minimum absolute atomic E-state index is 0.0488. The largest absolute Gasteiger partial charge is 0.481 e. The topological polar surface area (TPSA) is 101 Å². The second-order valence-electron chi connectivity index (χ2n) is 5.19. The normalized spacial score (nSPS) is 10.9. The molecule has 0 aliphatic heterocycles. The zero-order chi connectivity index (χ0) is 16.3. The van der Waals surface area contributed by atoms with Gasteiger partial charge in [-0.25, -0.2) is 9.50 Å². The number of carboxylic acid groups (broad SMARTS) is 1. The number of aryl methyl sites for hydroxylation is 2. The van der Waals surface area contributed by atoms with Crippen molar-refractivity contribution in [3.05, 3.63) is 23.3 Å². The van der Waals surface area contributed by atoms with Crippen LogP contribution in [0.25, 0.3) is 5.78 Å². The third-order valence-corrected chi connectivity index (χ3v) is 3.66. The summed E-state index contributed by atoms with van der Waals surface area (Å²) in [4.78, 5) is 32.4. The van der Waals surface area contributed by atoms with Crippen LogP contribution in [-0.4, -0.2) is 55.1 Å². The van der Waals surface area contributed by atoms with Crippen molar-refractivity contribution in [3.8, 4) is 0 Å². The van der Waals surface area contributed by atoms with Crippen LogP contribution in [0.2, 0.25) is 0 Å². The van der Waals surface area contributed by atoms with Gasteiger partial charge in [0.1, 0.15) is 6.33 Å². The first kappa shape index (κ1) is 15.9.